The van der Waals surface area contributed by atoms with Gasteiger partial charge in [0.2, 0.25) is 0 Å². The zero-order valence-corrected chi connectivity index (χ0v) is 15.1. The Morgan fingerprint density at radius 2 is 1.76 bits per heavy atom. The van der Waals surface area contributed by atoms with Crippen LogP contribution in [-0.4, -0.2) is 51.1 Å². The van der Waals surface area contributed by atoms with Crippen molar-refractivity contribution in [3.63, 3.8) is 0 Å². The van der Waals surface area contributed by atoms with E-state index in [1.807, 2.05) is 0 Å². The van der Waals surface area contributed by atoms with Crippen LogP contribution in [0.25, 0.3) is 0 Å². The third-order valence-electron chi connectivity index (χ3n) is 8.55. The minimum atomic E-state index is -1.31. The van der Waals surface area contributed by atoms with Crippen LogP contribution in [-0.2, 0) is 4.79 Å². The molecule has 0 radical (unpaired) electrons. The zero-order valence-electron chi connectivity index (χ0n) is 15.1. The van der Waals surface area contributed by atoms with Gasteiger partial charge in [0.1, 0.15) is 0 Å². The average Bonchev–Trinajstić information content (AvgIpc) is 2.68. The van der Waals surface area contributed by atoms with Crippen LogP contribution < -0.4 is 0 Å². The van der Waals surface area contributed by atoms with Crippen molar-refractivity contribution in [2.75, 3.05) is 6.61 Å². The summed E-state index contributed by atoms with van der Waals surface area (Å²) in [4.78, 5) is 13.2. The monoisotopic (exact) mass is 350 g/mol. The number of aliphatic hydroxyl groups excluding tert-OH is 4. The first-order chi connectivity index (χ1) is 11.7. The number of hydrogen-bond acceptors (Lipinski definition) is 5. The lowest BCUT2D eigenvalue weighted by molar-refractivity contribution is -0.267. The van der Waals surface area contributed by atoms with Crippen LogP contribution >= 0.6 is 0 Å². The van der Waals surface area contributed by atoms with Crippen molar-refractivity contribution < 1.29 is 25.2 Å². The van der Waals surface area contributed by atoms with E-state index in [1.54, 1.807) is 0 Å². The summed E-state index contributed by atoms with van der Waals surface area (Å²) in [5.74, 6) is -1.07. The molecule has 0 aliphatic heterocycles. The van der Waals surface area contributed by atoms with Crippen molar-refractivity contribution in [1.29, 1.82) is 0 Å². The van der Waals surface area contributed by atoms with Crippen LogP contribution in [0.3, 0.4) is 0 Å². The molecule has 140 valence electrons. The molecule has 4 fully saturated rings. The summed E-state index contributed by atoms with van der Waals surface area (Å²) in [7, 11) is 0. The summed E-state index contributed by atoms with van der Waals surface area (Å²) in [5, 5.41) is 43.7. The molecule has 4 N–H and O–H groups in total. The normalized spacial score (nSPS) is 54.2. The Kier molecular flexibility index (Phi) is 3.64. The standard InChI is InChI=1S/C20H30O5/c1-10-11-4-5-12-19(9-21)13(18(2,3)7-6-14(19)22)8-15(23)20(12,16(10)24)17(11)25/h11-15,17,21-23,25H,1,4-9H2,2-3H3/t11?,12-,13+,14-,15+,17-,19-,20?/m0/s1. The van der Waals surface area contributed by atoms with Crippen molar-refractivity contribution >= 4 is 5.78 Å². The molecule has 5 nitrogen and oxygen atoms in total. The second-order valence-corrected chi connectivity index (χ2v) is 9.59. The summed E-state index contributed by atoms with van der Waals surface area (Å²) < 4.78 is 0. The molecule has 4 aliphatic carbocycles. The number of carbonyl (C=O) groups excluding carboxylic acids is 1. The average molecular weight is 350 g/mol. The third kappa shape index (κ3) is 1.76. The van der Waals surface area contributed by atoms with E-state index in [0.29, 0.717) is 31.3 Å². The SMILES string of the molecule is C=C1C(=O)C23[C@H](O)C[C@@H]4C(C)(C)CC[C@H](O)[C@@]4(CO)[C@@H]2CCC1[C@@H]3O. The van der Waals surface area contributed by atoms with Crippen molar-refractivity contribution in [2.45, 2.75) is 64.3 Å². The van der Waals surface area contributed by atoms with Gasteiger partial charge in [0.15, 0.2) is 5.78 Å². The lowest BCUT2D eigenvalue weighted by Crippen LogP contribution is -2.71. The van der Waals surface area contributed by atoms with Crippen LogP contribution in [0.5, 0.6) is 0 Å². The van der Waals surface area contributed by atoms with E-state index in [-0.39, 0.29) is 29.6 Å². The molecule has 8 atom stereocenters. The van der Waals surface area contributed by atoms with Crippen molar-refractivity contribution in [2.24, 2.45) is 34.0 Å². The molecule has 0 saturated heterocycles. The summed E-state index contributed by atoms with van der Waals surface area (Å²) in [6, 6.07) is 0. The molecule has 2 bridgehead atoms. The summed E-state index contributed by atoms with van der Waals surface area (Å²) >= 11 is 0. The highest BCUT2D eigenvalue weighted by Crippen LogP contribution is 2.70. The van der Waals surface area contributed by atoms with Crippen LogP contribution in [0.15, 0.2) is 12.2 Å². The van der Waals surface area contributed by atoms with Gasteiger partial charge in [0.25, 0.3) is 0 Å². The highest BCUT2D eigenvalue weighted by Gasteiger charge is 2.76. The van der Waals surface area contributed by atoms with E-state index in [4.69, 9.17) is 0 Å². The van der Waals surface area contributed by atoms with Crippen molar-refractivity contribution in [3.8, 4) is 0 Å². The Morgan fingerprint density at radius 1 is 1.08 bits per heavy atom. The van der Waals surface area contributed by atoms with Crippen LogP contribution in [0.4, 0.5) is 0 Å². The Bertz CT molecular complexity index is 628. The zero-order chi connectivity index (χ0) is 18.4. The fraction of sp³-hybridized carbons (Fsp3) is 0.850. The van der Waals surface area contributed by atoms with E-state index in [9.17, 15) is 25.2 Å². The molecule has 5 heteroatoms. The Morgan fingerprint density at radius 3 is 2.40 bits per heavy atom. The molecule has 0 aromatic rings. The van der Waals surface area contributed by atoms with E-state index < -0.39 is 35.1 Å². The van der Waals surface area contributed by atoms with E-state index >= 15 is 0 Å². The highest BCUT2D eigenvalue weighted by molar-refractivity contribution is 6.04. The van der Waals surface area contributed by atoms with E-state index in [1.165, 1.54) is 0 Å². The molecule has 0 amide bonds. The summed E-state index contributed by atoms with van der Waals surface area (Å²) in [6.45, 7) is 7.92. The maximum Gasteiger partial charge on any atom is 0.170 e. The fourth-order valence-corrected chi connectivity index (χ4v) is 7.35. The van der Waals surface area contributed by atoms with E-state index in [2.05, 4.69) is 20.4 Å². The number of Topliss-reactive ketones (excluding diaryl/α,β-unsaturated/α-hetero) is 1. The second kappa shape index (κ2) is 5.16. The first-order valence-corrected chi connectivity index (χ1v) is 9.54. The molecule has 1 spiro atoms. The van der Waals surface area contributed by atoms with Crippen LogP contribution in [0.2, 0.25) is 0 Å². The molecule has 4 rings (SSSR count). The number of rotatable bonds is 1. The maximum atomic E-state index is 13.2. The van der Waals surface area contributed by atoms with Crippen LogP contribution in [0.1, 0.15) is 46.0 Å². The topological polar surface area (TPSA) is 98.0 Å². The molecule has 0 heterocycles. The molecular formula is C20H30O5. The fourth-order valence-electron chi connectivity index (χ4n) is 7.35. The first kappa shape index (κ1) is 17.7. The first-order valence-electron chi connectivity index (χ1n) is 9.54. The number of hydrogen-bond donors (Lipinski definition) is 4. The number of aliphatic hydroxyl groups is 4. The molecular weight excluding hydrogens is 320 g/mol. The molecule has 25 heavy (non-hydrogen) atoms. The van der Waals surface area contributed by atoms with Gasteiger partial charge in [-0.15, -0.1) is 0 Å². The molecule has 0 aromatic carbocycles. The Hall–Kier alpha value is -0.750. The maximum absolute atomic E-state index is 13.2. The van der Waals surface area contributed by atoms with Gasteiger partial charge in [-0.05, 0) is 54.9 Å². The van der Waals surface area contributed by atoms with Gasteiger partial charge in [0, 0.05) is 11.3 Å². The van der Waals surface area contributed by atoms with Crippen molar-refractivity contribution in [3.05, 3.63) is 12.2 Å². The quantitative estimate of drug-likeness (QED) is 0.530. The van der Waals surface area contributed by atoms with Gasteiger partial charge in [-0.3, -0.25) is 4.79 Å². The molecule has 2 unspecified atom stereocenters. The van der Waals surface area contributed by atoms with Gasteiger partial charge >= 0.3 is 0 Å². The van der Waals surface area contributed by atoms with Gasteiger partial charge in [0.05, 0.1) is 30.3 Å². The molecule has 4 saturated carbocycles. The predicted octanol–water partition coefficient (Wildman–Crippen LogP) is 1.04. The van der Waals surface area contributed by atoms with Crippen molar-refractivity contribution in [1.82, 2.24) is 0 Å². The van der Waals surface area contributed by atoms with Gasteiger partial charge < -0.3 is 20.4 Å². The van der Waals surface area contributed by atoms with E-state index in [0.717, 1.165) is 6.42 Å². The summed E-state index contributed by atoms with van der Waals surface area (Å²) in [5.41, 5.74) is -1.91. The lowest BCUT2D eigenvalue weighted by atomic mass is 9.38. The molecule has 4 aliphatic rings. The number of ketones is 1. The second-order valence-electron chi connectivity index (χ2n) is 9.59. The minimum Gasteiger partial charge on any atom is -0.396 e. The van der Waals surface area contributed by atoms with Gasteiger partial charge in [-0.2, -0.15) is 0 Å². The largest absolute Gasteiger partial charge is 0.396 e. The van der Waals surface area contributed by atoms with Crippen LogP contribution in [0, 0.1) is 34.0 Å². The predicted molar refractivity (Wildman–Crippen MR) is 91.5 cm³/mol. The Labute approximate surface area is 148 Å². The smallest absolute Gasteiger partial charge is 0.170 e. The van der Waals surface area contributed by atoms with Gasteiger partial charge in [-0.25, -0.2) is 0 Å². The number of fused-ring (bicyclic) bond motifs is 3. The summed E-state index contributed by atoms with van der Waals surface area (Å²) in [6.07, 6.45) is 0.291. The highest BCUT2D eigenvalue weighted by atomic mass is 16.3. The third-order valence-corrected chi connectivity index (χ3v) is 8.55. The lowest BCUT2D eigenvalue weighted by Gasteiger charge is -2.66. The molecule has 0 aromatic heterocycles. The Balaban J connectivity index is 1.94. The van der Waals surface area contributed by atoms with Gasteiger partial charge in [-0.1, -0.05) is 20.4 Å². The minimum absolute atomic E-state index is 0.0928. The number of carbonyl (C=O) groups is 1.